The maximum atomic E-state index is 9.66. The van der Waals surface area contributed by atoms with Gasteiger partial charge in [-0.1, -0.05) is 72.1 Å². The van der Waals surface area contributed by atoms with Crippen molar-refractivity contribution in [2.45, 2.75) is 38.5 Å². The molecule has 0 aliphatic carbocycles. The number of rotatable bonds is 11. The third kappa shape index (κ3) is 6.70. The fraction of sp³-hybridized carbons (Fsp3) is 0.400. The minimum absolute atomic E-state index is 0.140. The molecule has 0 saturated heterocycles. The van der Waals surface area contributed by atoms with E-state index in [1.807, 2.05) is 0 Å². The van der Waals surface area contributed by atoms with E-state index in [4.69, 9.17) is 55.9 Å². The van der Waals surface area contributed by atoms with Crippen LogP contribution in [0, 0.1) is 0 Å². The largest absolute Gasteiger partial charge is 0.505 e. The Morgan fingerprint density at radius 1 is 0.571 bits per heavy atom. The lowest BCUT2D eigenvalue weighted by Crippen LogP contribution is -1.99. The first-order valence-electron chi connectivity index (χ1n) is 9.01. The minimum Gasteiger partial charge on any atom is -0.505 e. The molecule has 0 bridgehead atoms. The highest BCUT2D eigenvalue weighted by Crippen LogP contribution is 2.39. The van der Waals surface area contributed by atoms with Crippen molar-refractivity contribution < 1.29 is 19.7 Å². The molecule has 0 aliphatic rings. The zero-order valence-electron chi connectivity index (χ0n) is 15.2. The van der Waals surface area contributed by atoms with E-state index in [1.54, 1.807) is 24.3 Å². The molecule has 4 nitrogen and oxygen atoms in total. The van der Waals surface area contributed by atoms with Gasteiger partial charge in [-0.2, -0.15) is 0 Å². The third-order valence-corrected chi connectivity index (χ3v) is 5.46. The number of phenolic OH excluding ortho intramolecular Hbond substituents is 2. The van der Waals surface area contributed by atoms with E-state index in [0.29, 0.717) is 24.7 Å². The van der Waals surface area contributed by atoms with Crippen molar-refractivity contribution in [1.29, 1.82) is 0 Å². The predicted molar refractivity (Wildman–Crippen MR) is 115 cm³/mol. The van der Waals surface area contributed by atoms with Crippen molar-refractivity contribution in [2.75, 3.05) is 13.2 Å². The summed E-state index contributed by atoms with van der Waals surface area (Å²) in [5.41, 5.74) is 0. The Bertz CT molecular complexity index is 718. The first kappa shape index (κ1) is 23.1. The van der Waals surface area contributed by atoms with Crippen LogP contribution in [0.5, 0.6) is 23.0 Å². The zero-order chi connectivity index (χ0) is 20.5. The highest BCUT2D eigenvalue weighted by atomic mass is 35.5. The molecule has 0 aliphatic heterocycles. The first-order chi connectivity index (χ1) is 13.4. The molecular weight excluding hydrogens is 446 g/mol. The number of ether oxygens (including phenoxy) is 2. The number of unbranched alkanes of at least 4 members (excludes halogenated alkanes) is 5. The van der Waals surface area contributed by atoms with Crippen LogP contribution in [0.2, 0.25) is 20.1 Å². The van der Waals surface area contributed by atoms with Crippen molar-refractivity contribution >= 4 is 46.4 Å². The standard InChI is InChI=1S/C20H22Cl4O4/c21-13-7-9-15(17(23)19(13)25)27-11-5-3-1-2-4-6-12-28-16-10-8-14(22)20(26)18(16)24/h7-10,25-26H,1-6,11-12H2. The van der Waals surface area contributed by atoms with Crippen molar-refractivity contribution in [3.05, 3.63) is 44.4 Å². The molecule has 0 heterocycles. The minimum atomic E-state index is -0.154. The van der Waals surface area contributed by atoms with Gasteiger partial charge in [0.25, 0.3) is 0 Å². The average Bonchev–Trinajstić information content (AvgIpc) is 2.68. The molecule has 2 rings (SSSR count). The topological polar surface area (TPSA) is 58.9 Å². The Labute approximate surface area is 184 Å². The van der Waals surface area contributed by atoms with Crippen LogP contribution in [-0.4, -0.2) is 23.4 Å². The molecule has 0 amide bonds. The summed E-state index contributed by atoms with van der Waals surface area (Å²) < 4.78 is 11.2. The van der Waals surface area contributed by atoms with E-state index < -0.39 is 0 Å². The van der Waals surface area contributed by atoms with Crippen molar-refractivity contribution in [3.8, 4) is 23.0 Å². The SMILES string of the molecule is Oc1c(Cl)ccc(OCCCCCCCCOc2ccc(Cl)c(O)c2Cl)c1Cl. The van der Waals surface area contributed by atoms with Gasteiger partial charge in [0.1, 0.15) is 21.5 Å². The lowest BCUT2D eigenvalue weighted by Gasteiger charge is -2.10. The average molecular weight is 468 g/mol. The fourth-order valence-corrected chi connectivity index (χ4v) is 3.39. The van der Waals surface area contributed by atoms with Gasteiger partial charge in [-0.25, -0.2) is 0 Å². The second kappa shape index (κ2) is 11.7. The maximum absolute atomic E-state index is 9.66. The Morgan fingerprint density at radius 2 is 0.929 bits per heavy atom. The lowest BCUT2D eigenvalue weighted by molar-refractivity contribution is 0.295. The molecule has 0 spiro atoms. The summed E-state index contributed by atoms with van der Waals surface area (Å²) in [5, 5.41) is 20.0. The van der Waals surface area contributed by atoms with Gasteiger partial charge < -0.3 is 19.7 Å². The number of halogens is 4. The summed E-state index contributed by atoms with van der Waals surface area (Å²) in [6, 6.07) is 6.41. The summed E-state index contributed by atoms with van der Waals surface area (Å²) in [6.45, 7) is 1.06. The van der Waals surface area contributed by atoms with Crippen LogP contribution >= 0.6 is 46.4 Å². The summed E-state index contributed by atoms with van der Waals surface area (Å²) in [7, 11) is 0. The van der Waals surface area contributed by atoms with Gasteiger partial charge in [-0.3, -0.25) is 0 Å². The normalized spacial score (nSPS) is 10.9. The monoisotopic (exact) mass is 466 g/mol. The Morgan fingerprint density at radius 3 is 1.32 bits per heavy atom. The van der Waals surface area contributed by atoms with Crippen LogP contribution in [0.15, 0.2) is 24.3 Å². The van der Waals surface area contributed by atoms with Gasteiger partial charge in [0.15, 0.2) is 11.5 Å². The van der Waals surface area contributed by atoms with Crippen molar-refractivity contribution in [1.82, 2.24) is 0 Å². The van der Waals surface area contributed by atoms with Crippen molar-refractivity contribution in [3.63, 3.8) is 0 Å². The van der Waals surface area contributed by atoms with E-state index in [2.05, 4.69) is 0 Å². The van der Waals surface area contributed by atoms with E-state index in [0.717, 1.165) is 38.5 Å². The summed E-state index contributed by atoms with van der Waals surface area (Å²) in [6.07, 6.45) is 6.05. The van der Waals surface area contributed by atoms with E-state index in [9.17, 15) is 10.2 Å². The highest BCUT2D eigenvalue weighted by molar-refractivity contribution is 6.38. The van der Waals surface area contributed by atoms with Gasteiger partial charge in [-0.15, -0.1) is 0 Å². The van der Waals surface area contributed by atoms with Gasteiger partial charge in [0.05, 0.1) is 23.3 Å². The Kier molecular flexibility index (Phi) is 9.66. The number of phenols is 2. The number of benzene rings is 2. The number of hydrogen-bond donors (Lipinski definition) is 2. The number of hydrogen-bond acceptors (Lipinski definition) is 4. The number of aromatic hydroxyl groups is 2. The second-order valence-corrected chi connectivity index (χ2v) is 7.80. The fourth-order valence-electron chi connectivity index (χ4n) is 2.54. The molecule has 0 aromatic heterocycles. The van der Waals surface area contributed by atoms with Crippen LogP contribution < -0.4 is 9.47 Å². The van der Waals surface area contributed by atoms with Crippen molar-refractivity contribution in [2.24, 2.45) is 0 Å². The van der Waals surface area contributed by atoms with Crippen LogP contribution in [-0.2, 0) is 0 Å². The molecular formula is C20H22Cl4O4. The van der Waals surface area contributed by atoms with Gasteiger partial charge in [0, 0.05) is 0 Å². The molecule has 0 radical (unpaired) electrons. The highest BCUT2D eigenvalue weighted by Gasteiger charge is 2.11. The van der Waals surface area contributed by atoms with Crippen LogP contribution in [0.4, 0.5) is 0 Å². The van der Waals surface area contributed by atoms with E-state index in [-0.39, 0.29) is 31.6 Å². The molecule has 0 atom stereocenters. The van der Waals surface area contributed by atoms with E-state index >= 15 is 0 Å². The molecule has 2 aromatic rings. The smallest absolute Gasteiger partial charge is 0.156 e. The summed E-state index contributed by atoms with van der Waals surface area (Å²) >= 11 is 23.5. The van der Waals surface area contributed by atoms with Crippen LogP contribution in [0.3, 0.4) is 0 Å². The van der Waals surface area contributed by atoms with Gasteiger partial charge >= 0.3 is 0 Å². The quantitative estimate of drug-likeness (QED) is 0.335. The lowest BCUT2D eigenvalue weighted by atomic mass is 10.1. The first-order valence-corrected chi connectivity index (χ1v) is 10.5. The molecule has 0 fully saturated rings. The molecule has 2 aromatic carbocycles. The molecule has 28 heavy (non-hydrogen) atoms. The molecule has 154 valence electrons. The maximum Gasteiger partial charge on any atom is 0.156 e. The summed E-state index contributed by atoms with van der Waals surface area (Å²) in [5.74, 6) is 0.566. The summed E-state index contributed by atoms with van der Waals surface area (Å²) in [4.78, 5) is 0. The Balaban J connectivity index is 1.52. The predicted octanol–water partition coefficient (Wildman–Crippen LogP) is 7.51. The Hall–Kier alpha value is -1.20. The molecule has 2 N–H and O–H groups in total. The van der Waals surface area contributed by atoms with E-state index in [1.165, 1.54) is 0 Å². The zero-order valence-corrected chi connectivity index (χ0v) is 18.2. The van der Waals surface area contributed by atoms with Crippen LogP contribution in [0.1, 0.15) is 38.5 Å². The van der Waals surface area contributed by atoms with Gasteiger partial charge in [0.2, 0.25) is 0 Å². The third-order valence-electron chi connectivity index (χ3n) is 4.12. The van der Waals surface area contributed by atoms with Crippen LogP contribution in [0.25, 0.3) is 0 Å². The molecule has 0 unspecified atom stereocenters. The molecule has 8 heteroatoms. The van der Waals surface area contributed by atoms with Gasteiger partial charge in [-0.05, 0) is 37.1 Å². The molecule has 0 saturated carbocycles. The second-order valence-electron chi connectivity index (χ2n) is 6.23.